The standard InChI is InChI=1S/C16H27N3O4S.HI/c1-5-24(20,21)11-10-19-16(17-2)18-9-8-13-6-7-14(22-3)15(12-13)23-4;/h6-7,12H,5,8-11H2,1-4H3,(H2,17,18,19);1H. The average molecular weight is 485 g/mol. The molecule has 9 heteroatoms. The molecule has 1 rings (SSSR count). The molecule has 25 heavy (non-hydrogen) atoms. The van der Waals surface area contributed by atoms with Crippen molar-refractivity contribution in [2.24, 2.45) is 4.99 Å². The number of benzene rings is 1. The molecule has 0 saturated heterocycles. The Morgan fingerprint density at radius 1 is 1.12 bits per heavy atom. The molecule has 0 atom stereocenters. The number of hydrogen-bond donors (Lipinski definition) is 2. The van der Waals surface area contributed by atoms with Crippen molar-refractivity contribution in [3.63, 3.8) is 0 Å². The summed E-state index contributed by atoms with van der Waals surface area (Å²) in [6.45, 7) is 2.65. The predicted molar refractivity (Wildman–Crippen MR) is 112 cm³/mol. The molecule has 2 N–H and O–H groups in total. The molecule has 1 aromatic carbocycles. The molecule has 0 spiro atoms. The molecule has 0 aliphatic heterocycles. The molecule has 7 nitrogen and oxygen atoms in total. The van der Waals surface area contributed by atoms with Crippen LogP contribution in [0.3, 0.4) is 0 Å². The first-order chi connectivity index (χ1) is 11.5. The van der Waals surface area contributed by atoms with E-state index < -0.39 is 9.84 Å². The van der Waals surface area contributed by atoms with Crippen LogP contribution in [0.5, 0.6) is 11.5 Å². The first kappa shape index (κ1) is 23.8. The highest BCUT2D eigenvalue weighted by Crippen LogP contribution is 2.27. The maximum absolute atomic E-state index is 11.5. The summed E-state index contributed by atoms with van der Waals surface area (Å²) in [7, 11) is 1.89. The number of sulfone groups is 1. The summed E-state index contributed by atoms with van der Waals surface area (Å²) in [5.41, 5.74) is 1.10. The van der Waals surface area contributed by atoms with Gasteiger partial charge in [0.05, 0.1) is 20.0 Å². The molecular weight excluding hydrogens is 457 g/mol. The van der Waals surface area contributed by atoms with E-state index in [4.69, 9.17) is 9.47 Å². The number of aliphatic imine (C=N–C) groups is 1. The summed E-state index contributed by atoms with van der Waals surface area (Å²) in [6, 6.07) is 5.79. The number of halogens is 1. The molecule has 1 aromatic rings. The van der Waals surface area contributed by atoms with Crippen LogP contribution >= 0.6 is 24.0 Å². The summed E-state index contributed by atoms with van der Waals surface area (Å²) in [5.74, 6) is 2.23. The van der Waals surface area contributed by atoms with Crippen LogP contribution < -0.4 is 20.1 Å². The second-order valence-electron chi connectivity index (χ2n) is 5.10. The Bertz CT molecular complexity index is 651. The third kappa shape index (κ3) is 8.61. The van der Waals surface area contributed by atoms with E-state index in [2.05, 4.69) is 15.6 Å². The zero-order valence-corrected chi connectivity index (χ0v) is 18.3. The van der Waals surface area contributed by atoms with Gasteiger partial charge in [0.2, 0.25) is 0 Å². The Hall–Kier alpha value is -1.23. The summed E-state index contributed by atoms with van der Waals surface area (Å²) < 4.78 is 33.4. The van der Waals surface area contributed by atoms with E-state index in [1.54, 1.807) is 28.2 Å². The van der Waals surface area contributed by atoms with Gasteiger partial charge in [-0.05, 0) is 24.1 Å². The minimum atomic E-state index is -2.97. The van der Waals surface area contributed by atoms with Gasteiger partial charge in [-0.25, -0.2) is 8.42 Å². The van der Waals surface area contributed by atoms with Crippen molar-refractivity contribution in [1.82, 2.24) is 10.6 Å². The Kier molecular flexibility index (Phi) is 11.6. The monoisotopic (exact) mass is 485 g/mol. The number of ether oxygens (including phenoxy) is 2. The van der Waals surface area contributed by atoms with Gasteiger partial charge in [0.25, 0.3) is 0 Å². The van der Waals surface area contributed by atoms with E-state index in [1.165, 1.54) is 0 Å². The fourth-order valence-corrected chi connectivity index (χ4v) is 2.75. The summed E-state index contributed by atoms with van der Waals surface area (Å²) >= 11 is 0. The van der Waals surface area contributed by atoms with E-state index >= 15 is 0 Å². The Balaban J connectivity index is 0.00000576. The number of hydrogen-bond acceptors (Lipinski definition) is 5. The molecule has 0 aliphatic rings. The number of guanidine groups is 1. The van der Waals surface area contributed by atoms with Crippen LogP contribution in [-0.4, -0.2) is 60.2 Å². The average Bonchev–Trinajstić information content (AvgIpc) is 2.60. The third-order valence-electron chi connectivity index (χ3n) is 3.52. The summed E-state index contributed by atoms with van der Waals surface area (Å²) in [5, 5.41) is 6.16. The van der Waals surface area contributed by atoms with Gasteiger partial charge in [-0.15, -0.1) is 24.0 Å². The lowest BCUT2D eigenvalue weighted by Crippen LogP contribution is -2.40. The minimum Gasteiger partial charge on any atom is -0.493 e. The van der Waals surface area contributed by atoms with Crippen LogP contribution in [0.15, 0.2) is 23.2 Å². The van der Waals surface area contributed by atoms with Crippen molar-refractivity contribution >= 4 is 39.8 Å². The van der Waals surface area contributed by atoms with Crippen LogP contribution in [-0.2, 0) is 16.3 Å². The molecule has 0 radical (unpaired) electrons. The first-order valence-corrected chi connectivity index (χ1v) is 9.63. The van der Waals surface area contributed by atoms with E-state index in [0.717, 1.165) is 12.0 Å². The summed E-state index contributed by atoms with van der Waals surface area (Å²) in [6.07, 6.45) is 0.772. The Labute approximate surface area is 167 Å². The van der Waals surface area contributed by atoms with Crippen LogP contribution in [0.25, 0.3) is 0 Å². The molecule has 0 aliphatic carbocycles. The fourth-order valence-electron chi connectivity index (χ4n) is 2.05. The summed E-state index contributed by atoms with van der Waals surface area (Å²) in [4.78, 5) is 4.08. The molecule has 0 unspecified atom stereocenters. The molecule has 144 valence electrons. The van der Waals surface area contributed by atoms with Crippen molar-refractivity contribution in [3.05, 3.63) is 23.8 Å². The second-order valence-corrected chi connectivity index (χ2v) is 7.57. The first-order valence-electron chi connectivity index (χ1n) is 7.81. The van der Waals surface area contributed by atoms with Gasteiger partial charge in [0.15, 0.2) is 27.3 Å². The largest absolute Gasteiger partial charge is 0.493 e. The van der Waals surface area contributed by atoms with Gasteiger partial charge in [0, 0.05) is 25.9 Å². The topological polar surface area (TPSA) is 89.0 Å². The van der Waals surface area contributed by atoms with E-state index in [9.17, 15) is 8.42 Å². The quantitative estimate of drug-likeness (QED) is 0.313. The van der Waals surface area contributed by atoms with Crippen LogP contribution in [0.4, 0.5) is 0 Å². The molecule has 0 aromatic heterocycles. The smallest absolute Gasteiger partial charge is 0.191 e. The van der Waals surface area contributed by atoms with Gasteiger partial charge in [-0.1, -0.05) is 13.0 Å². The lowest BCUT2D eigenvalue weighted by molar-refractivity contribution is 0.354. The highest BCUT2D eigenvalue weighted by molar-refractivity contribution is 14.0. The predicted octanol–water partition coefficient (Wildman–Crippen LogP) is 1.46. The van der Waals surface area contributed by atoms with E-state index in [0.29, 0.717) is 30.5 Å². The highest BCUT2D eigenvalue weighted by atomic mass is 127. The van der Waals surface area contributed by atoms with E-state index in [1.807, 2.05) is 18.2 Å². The lowest BCUT2D eigenvalue weighted by Gasteiger charge is -2.13. The van der Waals surface area contributed by atoms with Gasteiger partial charge >= 0.3 is 0 Å². The van der Waals surface area contributed by atoms with Crippen LogP contribution in [0.1, 0.15) is 12.5 Å². The maximum Gasteiger partial charge on any atom is 0.191 e. The van der Waals surface area contributed by atoms with E-state index in [-0.39, 0.29) is 35.5 Å². The second kappa shape index (κ2) is 12.2. The molecule has 0 heterocycles. The van der Waals surface area contributed by atoms with Crippen molar-refractivity contribution in [2.45, 2.75) is 13.3 Å². The lowest BCUT2D eigenvalue weighted by atomic mass is 10.1. The molecule has 0 fully saturated rings. The zero-order valence-electron chi connectivity index (χ0n) is 15.2. The van der Waals surface area contributed by atoms with Crippen molar-refractivity contribution in [1.29, 1.82) is 0 Å². The number of methoxy groups -OCH3 is 2. The number of nitrogens with one attached hydrogen (secondary N) is 2. The van der Waals surface area contributed by atoms with Gasteiger partial charge in [-0.2, -0.15) is 0 Å². The van der Waals surface area contributed by atoms with Gasteiger partial charge in [0.1, 0.15) is 0 Å². The fraction of sp³-hybridized carbons (Fsp3) is 0.562. The van der Waals surface area contributed by atoms with Gasteiger partial charge < -0.3 is 20.1 Å². The van der Waals surface area contributed by atoms with Crippen LogP contribution in [0.2, 0.25) is 0 Å². The van der Waals surface area contributed by atoms with Gasteiger partial charge in [-0.3, -0.25) is 4.99 Å². The van der Waals surface area contributed by atoms with Crippen LogP contribution in [0, 0.1) is 0 Å². The molecule has 0 amide bonds. The molecule has 0 bridgehead atoms. The Morgan fingerprint density at radius 3 is 2.32 bits per heavy atom. The van der Waals surface area contributed by atoms with Crippen molar-refractivity contribution in [2.75, 3.05) is 45.9 Å². The number of nitrogens with zero attached hydrogens (tertiary/aromatic N) is 1. The van der Waals surface area contributed by atoms with Crippen molar-refractivity contribution in [3.8, 4) is 11.5 Å². The normalized spacial score (nSPS) is 11.4. The maximum atomic E-state index is 11.5. The van der Waals surface area contributed by atoms with Crippen molar-refractivity contribution < 1.29 is 17.9 Å². The third-order valence-corrected chi connectivity index (χ3v) is 5.23. The Morgan fingerprint density at radius 2 is 1.76 bits per heavy atom. The number of rotatable bonds is 9. The highest BCUT2D eigenvalue weighted by Gasteiger charge is 2.08. The molecule has 0 saturated carbocycles. The minimum absolute atomic E-state index is 0. The zero-order chi connectivity index (χ0) is 18.0. The molecular formula is C16H28IN3O4S. The SMILES string of the molecule is CCS(=O)(=O)CCNC(=NC)NCCc1ccc(OC)c(OC)c1.I.